The summed E-state index contributed by atoms with van der Waals surface area (Å²) < 4.78 is 38.4. The van der Waals surface area contributed by atoms with Gasteiger partial charge in [-0.3, -0.25) is 4.79 Å². The Morgan fingerprint density at radius 2 is 1.28 bits per heavy atom. The zero-order valence-electron chi connectivity index (χ0n) is 32.1. The van der Waals surface area contributed by atoms with Crippen LogP contribution >= 0.6 is 0 Å². The largest absolute Gasteiger partial charge is 0.511 e. The number of carbonyl (C=O) groups excluding carboxylic acids is 1. The number of aromatic nitrogens is 3. The normalized spacial score (nSPS) is 12.4. The number of aliphatic hydroxyl groups is 1. The van der Waals surface area contributed by atoms with E-state index < -0.39 is 12.0 Å². The number of aryl methyl sites for hydroxylation is 2. The van der Waals surface area contributed by atoms with Gasteiger partial charge in [0.15, 0.2) is 0 Å². The molecule has 0 aliphatic rings. The van der Waals surface area contributed by atoms with Crippen molar-refractivity contribution in [2.45, 2.75) is 87.2 Å². The number of rotatable bonds is 9. The predicted molar refractivity (Wildman–Crippen MR) is 212 cm³/mol. The fourth-order valence-electron chi connectivity index (χ4n) is 6.55. The Morgan fingerprint density at radius 1 is 0.722 bits per heavy atom. The van der Waals surface area contributed by atoms with E-state index in [1.54, 1.807) is 6.08 Å². The van der Waals surface area contributed by atoms with Crippen molar-refractivity contribution in [1.82, 2.24) is 15.0 Å². The summed E-state index contributed by atoms with van der Waals surface area (Å²) in [6, 6.07) is 23.8. The molecule has 285 valence electrons. The first-order valence-corrected chi connectivity index (χ1v) is 18.2. The van der Waals surface area contributed by atoms with Crippen molar-refractivity contribution in [2.24, 2.45) is 10.8 Å². The minimum absolute atomic E-state index is 0. The van der Waals surface area contributed by atoms with Gasteiger partial charge < -0.3 is 10.1 Å². The molecule has 6 rings (SSSR count). The molecule has 0 spiro atoms. The number of ketones is 1. The van der Waals surface area contributed by atoms with Gasteiger partial charge in [-0.05, 0) is 88.3 Å². The maximum Gasteiger partial charge on any atom is 0.451 e. The fourth-order valence-corrected chi connectivity index (χ4v) is 6.55. The molecule has 0 saturated heterocycles. The zero-order chi connectivity index (χ0) is 38.7. The number of nitrogens with zero attached hydrogens (tertiary/aromatic N) is 3. The van der Waals surface area contributed by atoms with Crippen LogP contribution in [0.5, 0.6) is 0 Å². The molecule has 2 N–H and O–H groups in total. The molecule has 4 aromatic carbocycles. The number of pyridine rings is 1. The van der Waals surface area contributed by atoms with Crippen molar-refractivity contribution in [2.75, 3.05) is 0 Å². The third-order valence-corrected chi connectivity index (χ3v) is 11.0. The molecule has 0 aliphatic carbocycles. The Balaban J connectivity index is 0.000000309. The molecule has 0 fully saturated rings. The number of alkyl halides is 3. The maximum absolute atomic E-state index is 12.8. The number of allylic oxidation sites excluding steroid dienone is 2. The second-order valence-electron chi connectivity index (χ2n) is 14.4. The van der Waals surface area contributed by atoms with Crippen LogP contribution in [0.4, 0.5) is 13.2 Å². The van der Waals surface area contributed by atoms with Crippen LogP contribution in [-0.4, -0.2) is 30.6 Å². The predicted octanol–water partition coefficient (Wildman–Crippen LogP) is 12.7. The Bertz CT molecular complexity index is 2290. The molecule has 1 radical (unpaired) electrons. The van der Waals surface area contributed by atoms with Crippen LogP contribution in [0.15, 0.2) is 91.1 Å². The fraction of sp³-hybridized carbons (Fsp3) is 0.333. The van der Waals surface area contributed by atoms with Crippen molar-refractivity contribution in [3.63, 3.8) is 0 Å². The van der Waals surface area contributed by atoms with Crippen LogP contribution in [0, 0.1) is 30.7 Å². The quantitative estimate of drug-likeness (QED) is 0.0515. The second-order valence-corrected chi connectivity index (χ2v) is 14.4. The summed E-state index contributed by atoms with van der Waals surface area (Å²) >= 11 is 0. The van der Waals surface area contributed by atoms with Gasteiger partial charge in [0.05, 0.1) is 11.5 Å². The number of hydrogen-bond donors (Lipinski definition) is 1. The Hall–Kier alpha value is -4.46. The van der Waals surface area contributed by atoms with Gasteiger partial charge in [0.25, 0.3) is 0 Å². The standard InChI is InChI=1S/C30H19F3N3.C15H28O2.Ir/c1-17-11-18(2)13-21(12-17)28-27-8-7-24-23-5-3-19(22-15-35-29(36-16-22)30(31,32)33)14-20(23)4-6-25(24)26(27)9-10-34-28;1-7-14(5,8-2)12(16)11-13(17)15(6,9-3)10-4;/h3-12,14-16H,1-2H3;11,16H,7-10H2,1-6H3;/q-1;;/p+1/b;12-11-;. The molecular weight excluding hydrogens is 864 g/mol. The van der Waals surface area contributed by atoms with Crippen LogP contribution in [0.2, 0.25) is 0 Å². The van der Waals surface area contributed by atoms with Gasteiger partial charge in [-0.2, -0.15) is 13.2 Å². The first kappa shape index (κ1) is 42.3. The van der Waals surface area contributed by atoms with E-state index in [0.29, 0.717) is 17.1 Å². The monoisotopic (exact) mass is 912 g/mol. The molecule has 2 aromatic heterocycles. The molecule has 5 nitrogen and oxygen atoms in total. The van der Waals surface area contributed by atoms with Crippen molar-refractivity contribution >= 4 is 38.1 Å². The van der Waals surface area contributed by atoms with E-state index in [2.05, 4.69) is 86.0 Å². The average molecular weight is 912 g/mol. The van der Waals surface area contributed by atoms with Crippen LogP contribution in [0.3, 0.4) is 0 Å². The Labute approximate surface area is 329 Å². The number of hydrogen-bond acceptors (Lipinski definition) is 4. The van der Waals surface area contributed by atoms with Crippen LogP contribution < -0.4 is 0 Å². The summed E-state index contributed by atoms with van der Waals surface area (Å²) in [5, 5.41) is 16.6. The van der Waals surface area contributed by atoms with Crippen molar-refractivity contribution in [3.8, 4) is 22.4 Å². The van der Waals surface area contributed by atoms with E-state index in [9.17, 15) is 23.1 Å². The number of aliphatic hydroxyl groups excluding tert-OH is 1. The molecular formula is C45H48F3IrN3O2. The summed E-state index contributed by atoms with van der Waals surface area (Å²) in [7, 11) is 0. The number of benzene rings is 4. The van der Waals surface area contributed by atoms with Crippen LogP contribution in [-0.2, 0) is 26.3 Å². The van der Waals surface area contributed by atoms with E-state index in [-0.39, 0.29) is 30.9 Å². The van der Waals surface area contributed by atoms with E-state index in [1.807, 2.05) is 57.3 Å². The second kappa shape index (κ2) is 16.9. The summed E-state index contributed by atoms with van der Waals surface area (Å²) in [5.41, 5.74) is 4.95. The molecule has 9 heteroatoms. The molecule has 6 aromatic rings. The molecule has 0 saturated carbocycles. The van der Waals surface area contributed by atoms with E-state index >= 15 is 0 Å². The summed E-state index contributed by atoms with van der Waals surface area (Å²) in [4.78, 5) is 21.8. The maximum atomic E-state index is 12.8. The average Bonchev–Trinajstić information content (AvgIpc) is 3.15. The van der Waals surface area contributed by atoms with E-state index in [0.717, 1.165) is 80.4 Å². The molecule has 0 bridgehead atoms. The van der Waals surface area contributed by atoms with Crippen molar-refractivity contribution < 1.29 is 43.2 Å². The van der Waals surface area contributed by atoms with Gasteiger partial charge in [0.2, 0.25) is 5.82 Å². The van der Waals surface area contributed by atoms with Gasteiger partial charge in [-0.15, -0.1) is 34.9 Å². The summed E-state index contributed by atoms with van der Waals surface area (Å²) in [5.74, 6) is -0.543. The Kier molecular flexibility index (Phi) is 13.2. The van der Waals surface area contributed by atoms with Gasteiger partial charge in [-0.25, -0.2) is 9.97 Å². The van der Waals surface area contributed by atoms with Crippen LogP contribution in [0.25, 0.3) is 54.7 Å². The number of fused-ring (bicyclic) bond motifs is 5. The SMILES string of the molecule is CCC(C)(CC)C(=[OH+])/C=C(\O)C(C)(CC)CC.Cc1[c-]c(-c2nccc3c2ccc2c4ccc(-c5cnc(C(F)(F)F)nc5)cc4ccc32)cc(C)c1.[Ir]. The van der Waals surface area contributed by atoms with Crippen molar-refractivity contribution in [3.05, 3.63) is 114 Å². The third-order valence-electron chi connectivity index (χ3n) is 11.0. The van der Waals surface area contributed by atoms with Gasteiger partial charge in [0.1, 0.15) is 5.76 Å². The summed E-state index contributed by atoms with van der Waals surface area (Å²) in [6.45, 7) is 16.4. The molecule has 0 amide bonds. The van der Waals surface area contributed by atoms with Crippen LogP contribution in [0.1, 0.15) is 84.2 Å². The topological polar surface area (TPSA) is 80.3 Å². The minimum atomic E-state index is -4.56. The first-order chi connectivity index (χ1) is 25.1. The van der Waals surface area contributed by atoms with Crippen molar-refractivity contribution in [1.29, 1.82) is 0 Å². The number of halogens is 3. The molecule has 2 heterocycles. The van der Waals surface area contributed by atoms with E-state index in [4.69, 9.17) is 0 Å². The van der Waals surface area contributed by atoms with E-state index in [1.165, 1.54) is 18.0 Å². The minimum Gasteiger partial charge on any atom is -0.511 e. The zero-order valence-corrected chi connectivity index (χ0v) is 34.5. The third kappa shape index (κ3) is 8.74. The first-order valence-electron chi connectivity index (χ1n) is 18.2. The smallest absolute Gasteiger partial charge is 0.451 e. The molecule has 0 atom stereocenters. The molecule has 0 unspecified atom stereocenters. The van der Waals surface area contributed by atoms with Gasteiger partial charge >= 0.3 is 12.0 Å². The van der Waals surface area contributed by atoms with Gasteiger partial charge in [0, 0.05) is 49.7 Å². The molecule has 54 heavy (non-hydrogen) atoms. The van der Waals surface area contributed by atoms with Gasteiger partial charge in [-0.1, -0.05) is 84.9 Å². The molecule has 0 aliphatic heterocycles. The Morgan fingerprint density at radius 3 is 1.87 bits per heavy atom. The summed E-state index contributed by atoms with van der Waals surface area (Å²) in [6.07, 6.45) is 4.74.